The molecule has 1 aliphatic carbocycles. The van der Waals surface area contributed by atoms with Gasteiger partial charge in [0.15, 0.2) is 0 Å². The Hall–Kier alpha value is -0.370. The quantitative estimate of drug-likeness (QED) is 0.598. The molecule has 1 fully saturated rings. The Kier molecular flexibility index (Phi) is 2.87. The van der Waals surface area contributed by atoms with E-state index in [1.54, 1.807) is 0 Å². The van der Waals surface area contributed by atoms with Crippen LogP contribution in [0.5, 0.6) is 0 Å². The first-order valence-corrected chi connectivity index (χ1v) is 4.04. The van der Waals surface area contributed by atoms with Crippen LogP contribution in [-0.2, 0) is 4.79 Å². The molecule has 0 spiro atoms. The monoisotopic (exact) mass is 141 g/mol. The molecular weight excluding hydrogens is 126 g/mol. The maximum atomic E-state index is 10.2. The molecule has 0 heterocycles. The second-order valence-corrected chi connectivity index (χ2v) is 3.19. The van der Waals surface area contributed by atoms with E-state index in [1.807, 2.05) is 0 Å². The van der Waals surface area contributed by atoms with Crippen molar-refractivity contribution in [3.8, 4) is 0 Å². The first kappa shape index (κ1) is 7.73. The lowest BCUT2D eigenvalue weighted by atomic mass is 10.00. The van der Waals surface area contributed by atoms with Gasteiger partial charge in [0.05, 0.1) is 6.04 Å². The molecule has 1 atom stereocenters. The van der Waals surface area contributed by atoms with Gasteiger partial charge in [0, 0.05) is 0 Å². The molecule has 1 saturated carbocycles. The van der Waals surface area contributed by atoms with Crippen LogP contribution in [0.4, 0.5) is 0 Å². The van der Waals surface area contributed by atoms with Crippen molar-refractivity contribution in [1.82, 2.24) is 0 Å². The molecular formula is C8H15NO. The van der Waals surface area contributed by atoms with Crippen molar-refractivity contribution in [3.05, 3.63) is 0 Å². The molecule has 0 aromatic heterocycles. The summed E-state index contributed by atoms with van der Waals surface area (Å²) in [5.74, 6) is 0.736. The van der Waals surface area contributed by atoms with Crippen LogP contribution in [0.2, 0.25) is 0 Å². The summed E-state index contributed by atoms with van der Waals surface area (Å²) >= 11 is 0. The van der Waals surface area contributed by atoms with E-state index in [2.05, 4.69) is 0 Å². The summed E-state index contributed by atoms with van der Waals surface area (Å²) in [6.07, 6.45) is 6.98. The van der Waals surface area contributed by atoms with Gasteiger partial charge in [-0.15, -0.1) is 0 Å². The maximum Gasteiger partial charge on any atom is 0.136 e. The fraction of sp³-hybridized carbons (Fsp3) is 0.875. The SMILES string of the molecule is NC(C=O)CC1CCCC1. The number of hydrogen-bond acceptors (Lipinski definition) is 2. The van der Waals surface area contributed by atoms with Crippen molar-refractivity contribution >= 4 is 6.29 Å². The van der Waals surface area contributed by atoms with Gasteiger partial charge in [0.1, 0.15) is 6.29 Å². The van der Waals surface area contributed by atoms with Gasteiger partial charge in [0.25, 0.3) is 0 Å². The topological polar surface area (TPSA) is 43.1 Å². The minimum atomic E-state index is -0.205. The lowest BCUT2D eigenvalue weighted by Gasteiger charge is -2.09. The average Bonchev–Trinajstić information content (AvgIpc) is 2.40. The molecule has 0 aliphatic heterocycles. The average molecular weight is 141 g/mol. The van der Waals surface area contributed by atoms with Crippen LogP contribution in [-0.4, -0.2) is 12.3 Å². The third-order valence-corrected chi connectivity index (χ3v) is 2.26. The predicted octanol–water partition coefficient (Wildman–Crippen LogP) is 1.09. The highest BCUT2D eigenvalue weighted by Gasteiger charge is 2.17. The Morgan fingerprint density at radius 2 is 2.10 bits per heavy atom. The van der Waals surface area contributed by atoms with Crippen LogP contribution in [0, 0.1) is 5.92 Å². The van der Waals surface area contributed by atoms with Gasteiger partial charge in [-0.2, -0.15) is 0 Å². The van der Waals surface area contributed by atoms with Gasteiger partial charge in [-0.25, -0.2) is 0 Å². The van der Waals surface area contributed by atoms with E-state index >= 15 is 0 Å². The molecule has 1 unspecified atom stereocenters. The molecule has 2 heteroatoms. The van der Waals surface area contributed by atoms with Crippen molar-refractivity contribution in [2.24, 2.45) is 11.7 Å². The van der Waals surface area contributed by atoms with Crippen LogP contribution in [0.3, 0.4) is 0 Å². The second-order valence-electron chi connectivity index (χ2n) is 3.19. The number of hydrogen-bond donors (Lipinski definition) is 1. The van der Waals surface area contributed by atoms with E-state index in [1.165, 1.54) is 25.7 Å². The molecule has 2 nitrogen and oxygen atoms in total. The Morgan fingerprint density at radius 3 is 2.60 bits per heavy atom. The number of aldehydes is 1. The summed E-state index contributed by atoms with van der Waals surface area (Å²) in [6.45, 7) is 0. The summed E-state index contributed by atoms with van der Waals surface area (Å²) in [5, 5.41) is 0. The zero-order chi connectivity index (χ0) is 7.40. The van der Waals surface area contributed by atoms with Crippen molar-refractivity contribution in [2.45, 2.75) is 38.1 Å². The molecule has 0 amide bonds. The Morgan fingerprint density at radius 1 is 1.50 bits per heavy atom. The molecule has 1 rings (SSSR count). The van der Waals surface area contributed by atoms with E-state index in [0.29, 0.717) is 0 Å². The van der Waals surface area contributed by atoms with Gasteiger partial charge in [-0.3, -0.25) is 0 Å². The number of carbonyl (C=O) groups excluding carboxylic acids is 1. The molecule has 1 aliphatic rings. The molecule has 0 saturated heterocycles. The van der Waals surface area contributed by atoms with Crippen molar-refractivity contribution < 1.29 is 4.79 Å². The van der Waals surface area contributed by atoms with Gasteiger partial charge < -0.3 is 10.5 Å². The number of rotatable bonds is 3. The maximum absolute atomic E-state index is 10.2. The molecule has 0 aromatic rings. The standard InChI is InChI=1S/C8H15NO/c9-8(6-10)5-7-3-1-2-4-7/h6-8H,1-5,9H2. The first-order valence-electron chi connectivity index (χ1n) is 4.04. The van der Waals surface area contributed by atoms with Crippen LogP contribution >= 0.6 is 0 Å². The van der Waals surface area contributed by atoms with Gasteiger partial charge in [-0.05, 0) is 12.3 Å². The third kappa shape index (κ3) is 2.10. The smallest absolute Gasteiger partial charge is 0.136 e. The van der Waals surface area contributed by atoms with E-state index in [0.717, 1.165) is 18.6 Å². The summed E-state index contributed by atoms with van der Waals surface area (Å²) in [5.41, 5.74) is 5.48. The van der Waals surface area contributed by atoms with Crippen LogP contribution in [0.15, 0.2) is 0 Å². The summed E-state index contributed by atoms with van der Waals surface area (Å²) in [6, 6.07) is -0.205. The fourth-order valence-electron chi connectivity index (χ4n) is 1.69. The molecule has 0 aromatic carbocycles. The summed E-state index contributed by atoms with van der Waals surface area (Å²) in [7, 11) is 0. The largest absolute Gasteiger partial charge is 0.322 e. The lowest BCUT2D eigenvalue weighted by molar-refractivity contribution is -0.109. The van der Waals surface area contributed by atoms with E-state index in [9.17, 15) is 4.79 Å². The van der Waals surface area contributed by atoms with Crippen molar-refractivity contribution in [2.75, 3.05) is 0 Å². The van der Waals surface area contributed by atoms with Crippen LogP contribution < -0.4 is 5.73 Å². The van der Waals surface area contributed by atoms with Crippen molar-refractivity contribution in [1.29, 1.82) is 0 Å². The minimum absolute atomic E-state index is 0.205. The normalized spacial score (nSPS) is 22.9. The zero-order valence-electron chi connectivity index (χ0n) is 6.25. The molecule has 0 radical (unpaired) electrons. The number of carbonyl (C=O) groups is 1. The zero-order valence-corrected chi connectivity index (χ0v) is 6.25. The van der Waals surface area contributed by atoms with Gasteiger partial charge in [-0.1, -0.05) is 25.7 Å². The highest BCUT2D eigenvalue weighted by atomic mass is 16.1. The Labute approximate surface area is 61.8 Å². The van der Waals surface area contributed by atoms with E-state index in [4.69, 9.17) is 5.73 Å². The van der Waals surface area contributed by atoms with Gasteiger partial charge in [0.2, 0.25) is 0 Å². The minimum Gasteiger partial charge on any atom is -0.322 e. The Bertz CT molecular complexity index is 108. The fourth-order valence-corrected chi connectivity index (χ4v) is 1.69. The molecule has 0 bridgehead atoms. The Balaban J connectivity index is 2.17. The highest BCUT2D eigenvalue weighted by molar-refractivity contribution is 5.56. The third-order valence-electron chi connectivity index (χ3n) is 2.26. The highest BCUT2D eigenvalue weighted by Crippen LogP contribution is 2.27. The summed E-state index contributed by atoms with van der Waals surface area (Å²) in [4.78, 5) is 10.2. The van der Waals surface area contributed by atoms with E-state index < -0.39 is 0 Å². The van der Waals surface area contributed by atoms with Crippen molar-refractivity contribution in [3.63, 3.8) is 0 Å². The number of nitrogens with two attached hydrogens (primary N) is 1. The summed E-state index contributed by atoms with van der Waals surface area (Å²) < 4.78 is 0. The molecule has 2 N–H and O–H groups in total. The molecule has 58 valence electrons. The lowest BCUT2D eigenvalue weighted by Crippen LogP contribution is -2.23. The predicted molar refractivity (Wildman–Crippen MR) is 40.6 cm³/mol. The first-order chi connectivity index (χ1) is 4.83. The van der Waals surface area contributed by atoms with Gasteiger partial charge >= 0.3 is 0 Å². The van der Waals surface area contributed by atoms with Crippen LogP contribution in [0.25, 0.3) is 0 Å². The molecule has 10 heavy (non-hydrogen) atoms. The van der Waals surface area contributed by atoms with E-state index in [-0.39, 0.29) is 6.04 Å². The second kappa shape index (κ2) is 3.71. The van der Waals surface area contributed by atoms with Crippen LogP contribution in [0.1, 0.15) is 32.1 Å².